The maximum Gasteiger partial charge on any atom is 0.320 e. The Bertz CT molecular complexity index is 353. The Balaban J connectivity index is 2.62. The van der Waals surface area contributed by atoms with Crippen LogP contribution in [0.4, 0.5) is 0 Å². The van der Waals surface area contributed by atoms with Crippen LogP contribution in [0, 0.1) is 0 Å². The Morgan fingerprint density at radius 2 is 2.12 bits per heavy atom. The van der Waals surface area contributed by atoms with Crippen molar-refractivity contribution in [2.45, 2.75) is 38.0 Å². The second-order valence-electron chi connectivity index (χ2n) is 4.10. The van der Waals surface area contributed by atoms with Crippen LogP contribution in [0.2, 0.25) is 0 Å². The van der Waals surface area contributed by atoms with Crippen LogP contribution >= 0.6 is 0 Å². The quantitative estimate of drug-likeness (QED) is 0.578. The third-order valence-electron chi connectivity index (χ3n) is 2.61. The van der Waals surface area contributed by atoms with Crippen LogP contribution in [-0.4, -0.2) is 54.3 Å². The molecule has 2 unspecified atom stereocenters. The number of aliphatic carboxylic acids is 1. The van der Waals surface area contributed by atoms with Gasteiger partial charge in [-0.1, -0.05) is 13.3 Å². The molecule has 0 bridgehead atoms. The van der Waals surface area contributed by atoms with Gasteiger partial charge in [0.25, 0.3) is 0 Å². The molecule has 0 radical (unpaired) electrons. The van der Waals surface area contributed by atoms with E-state index >= 15 is 0 Å². The summed E-state index contributed by atoms with van der Waals surface area (Å²) in [6.07, 6.45) is 0.0849. The van der Waals surface area contributed by atoms with Crippen LogP contribution in [0.3, 0.4) is 0 Å². The van der Waals surface area contributed by atoms with E-state index in [0.717, 1.165) is 0 Å². The van der Waals surface area contributed by atoms with Gasteiger partial charge in [0.2, 0.25) is 0 Å². The smallest absolute Gasteiger partial charge is 0.320 e. The molecule has 0 amide bonds. The SMILES string of the molecule is CCCC(NC1CS(=O)(=O)C[C@@H]1O)C(=O)O. The lowest BCUT2D eigenvalue weighted by molar-refractivity contribution is -0.140. The van der Waals surface area contributed by atoms with Gasteiger partial charge in [-0.2, -0.15) is 0 Å². The molecule has 1 aliphatic heterocycles. The zero-order chi connectivity index (χ0) is 12.3. The first-order valence-corrected chi connectivity index (χ1v) is 7.05. The highest BCUT2D eigenvalue weighted by molar-refractivity contribution is 7.91. The van der Waals surface area contributed by atoms with Gasteiger partial charge in [-0.05, 0) is 6.42 Å². The summed E-state index contributed by atoms with van der Waals surface area (Å²) in [5.41, 5.74) is 0. The van der Waals surface area contributed by atoms with E-state index in [1.165, 1.54) is 0 Å². The summed E-state index contributed by atoms with van der Waals surface area (Å²) in [5, 5.41) is 21.1. The maximum atomic E-state index is 11.2. The molecule has 94 valence electrons. The van der Waals surface area contributed by atoms with E-state index in [0.29, 0.717) is 12.8 Å². The van der Waals surface area contributed by atoms with Crippen molar-refractivity contribution in [3.05, 3.63) is 0 Å². The van der Waals surface area contributed by atoms with E-state index < -0.39 is 34.0 Å². The zero-order valence-electron chi connectivity index (χ0n) is 9.09. The first-order chi connectivity index (χ1) is 7.35. The number of nitrogens with one attached hydrogen (secondary N) is 1. The Hall–Kier alpha value is -0.660. The minimum atomic E-state index is -3.24. The normalized spacial score (nSPS) is 30.1. The molecule has 1 fully saturated rings. The number of hydrogen-bond acceptors (Lipinski definition) is 5. The standard InChI is InChI=1S/C9H17NO5S/c1-2-3-6(9(12)13)10-7-4-16(14,15)5-8(7)11/h6-8,10-11H,2-5H2,1H3,(H,12,13)/t6?,7?,8-/m0/s1. The third-order valence-corrected chi connectivity index (χ3v) is 4.33. The van der Waals surface area contributed by atoms with E-state index in [1.54, 1.807) is 0 Å². The highest BCUT2D eigenvalue weighted by Gasteiger charge is 2.38. The summed E-state index contributed by atoms with van der Waals surface area (Å²) in [6.45, 7) is 1.85. The zero-order valence-corrected chi connectivity index (χ0v) is 9.90. The number of rotatable bonds is 5. The van der Waals surface area contributed by atoms with Gasteiger partial charge in [-0.3, -0.25) is 10.1 Å². The van der Waals surface area contributed by atoms with Crippen molar-refractivity contribution in [2.24, 2.45) is 0 Å². The van der Waals surface area contributed by atoms with Crippen molar-refractivity contribution >= 4 is 15.8 Å². The summed E-state index contributed by atoms with van der Waals surface area (Å²) in [6, 6.07) is -1.46. The molecular formula is C9H17NO5S. The number of carbonyl (C=O) groups is 1. The number of hydrogen-bond donors (Lipinski definition) is 3. The molecule has 1 rings (SSSR count). The van der Waals surface area contributed by atoms with Crippen LogP contribution in [0.15, 0.2) is 0 Å². The number of carboxylic acid groups (broad SMARTS) is 1. The van der Waals surface area contributed by atoms with Crippen LogP contribution in [0.25, 0.3) is 0 Å². The minimum Gasteiger partial charge on any atom is -0.480 e. The molecule has 0 aromatic rings. The van der Waals surface area contributed by atoms with Gasteiger partial charge in [0.15, 0.2) is 9.84 Å². The van der Waals surface area contributed by atoms with Gasteiger partial charge in [0.05, 0.1) is 17.6 Å². The van der Waals surface area contributed by atoms with Crippen molar-refractivity contribution in [2.75, 3.05) is 11.5 Å². The molecule has 0 aromatic carbocycles. The van der Waals surface area contributed by atoms with Crippen molar-refractivity contribution in [1.29, 1.82) is 0 Å². The summed E-state index contributed by atoms with van der Waals surface area (Å²) in [4.78, 5) is 10.9. The molecular weight excluding hydrogens is 234 g/mol. The Morgan fingerprint density at radius 3 is 2.50 bits per heavy atom. The Morgan fingerprint density at radius 1 is 1.50 bits per heavy atom. The molecule has 1 heterocycles. The molecule has 0 spiro atoms. The van der Waals surface area contributed by atoms with E-state index in [4.69, 9.17) is 5.11 Å². The fraction of sp³-hybridized carbons (Fsp3) is 0.889. The summed E-state index contributed by atoms with van der Waals surface area (Å²) >= 11 is 0. The second kappa shape index (κ2) is 5.11. The summed E-state index contributed by atoms with van der Waals surface area (Å²) < 4.78 is 22.4. The second-order valence-corrected chi connectivity index (χ2v) is 6.25. The first kappa shape index (κ1) is 13.4. The molecule has 1 aliphatic rings. The average molecular weight is 251 g/mol. The third kappa shape index (κ3) is 3.43. The van der Waals surface area contributed by atoms with Gasteiger partial charge in [0.1, 0.15) is 6.04 Å². The largest absolute Gasteiger partial charge is 0.480 e. The fourth-order valence-corrected chi connectivity index (χ4v) is 3.57. The predicted octanol–water partition coefficient (Wildman–Crippen LogP) is -1.01. The lowest BCUT2D eigenvalue weighted by Gasteiger charge is -2.20. The van der Waals surface area contributed by atoms with E-state index in [1.807, 2.05) is 6.92 Å². The molecule has 7 heteroatoms. The summed E-state index contributed by atoms with van der Waals surface area (Å²) in [5.74, 6) is -1.50. The first-order valence-electron chi connectivity index (χ1n) is 5.23. The molecule has 6 nitrogen and oxygen atoms in total. The van der Waals surface area contributed by atoms with Crippen molar-refractivity contribution in [1.82, 2.24) is 5.32 Å². The average Bonchev–Trinajstić information content (AvgIpc) is 2.38. The lowest BCUT2D eigenvalue weighted by Crippen LogP contribution is -2.48. The minimum absolute atomic E-state index is 0.193. The van der Waals surface area contributed by atoms with Crippen LogP contribution in [0.1, 0.15) is 19.8 Å². The van der Waals surface area contributed by atoms with E-state index in [9.17, 15) is 18.3 Å². The number of carboxylic acids is 1. The highest BCUT2D eigenvalue weighted by atomic mass is 32.2. The van der Waals surface area contributed by atoms with Crippen LogP contribution in [0.5, 0.6) is 0 Å². The van der Waals surface area contributed by atoms with Gasteiger partial charge >= 0.3 is 5.97 Å². The fourth-order valence-electron chi connectivity index (χ4n) is 1.81. The molecule has 0 saturated carbocycles. The number of aliphatic hydroxyl groups excluding tert-OH is 1. The number of aliphatic hydroxyl groups is 1. The maximum absolute atomic E-state index is 11.2. The molecule has 0 aliphatic carbocycles. The van der Waals surface area contributed by atoms with Gasteiger partial charge in [-0.25, -0.2) is 8.42 Å². The number of sulfone groups is 1. The molecule has 16 heavy (non-hydrogen) atoms. The monoisotopic (exact) mass is 251 g/mol. The molecule has 3 N–H and O–H groups in total. The van der Waals surface area contributed by atoms with Gasteiger partial charge in [0, 0.05) is 6.04 Å². The Labute approximate surface area is 94.6 Å². The van der Waals surface area contributed by atoms with Gasteiger partial charge < -0.3 is 10.2 Å². The molecule has 1 saturated heterocycles. The topological polar surface area (TPSA) is 104 Å². The summed E-state index contributed by atoms with van der Waals surface area (Å²) in [7, 11) is -3.24. The molecule has 3 atom stereocenters. The van der Waals surface area contributed by atoms with Crippen LogP contribution < -0.4 is 5.32 Å². The Kier molecular flexibility index (Phi) is 4.28. The van der Waals surface area contributed by atoms with Crippen LogP contribution in [-0.2, 0) is 14.6 Å². The molecule has 0 aromatic heterocycles. The lowest BCUT2D eigenvalue weighted by atomic mass is 10.1. The van der Waals surface area contributed by atoms with E-state index in [-0.39, 0.29) is 11.5 Å². The highest BCUT2D eigenvalue weighted by Crippen LogP contribution is 2.14. The van der Waals surface area contributed by atoms with E-state index in [2.05, 4.69) is 5.32 Å². The predicted molar refractivity (Wildman–Crippen MR) is 57.9 cm³/mol. The van der Waals surface area contributed by atoms with Crippen molar-refractivity contribution < 1.29 is 23.4 Å². The van der Waals surface area contributed by atoms with Crippen molar-refractivity contribution in [3.63, 3.8) is 0 Å². The van der Waals surface area contributed by atoms with Gasteiger partial charge in [-0.15, -0.1) is 0 Å². The van der Waals surface area contributed by atoms with Crippen molar-refractivity contribution in [3.8, 4) is 0 Å².